The van der Waals surface area contributed by atoms with Crippen molar-refractivity contribution in [2.24, 2.45) is 5.41 Å². The smallest absolute Gasteiger partial charge is 0.309 e. The minimum atomic E-state index is -0.850. The van der Waals surface area contributed by atoms with Crippen molar-refractivity contribution in [2.45, 2.75) is 31.6 Å². The van der Waals surface area contributed by atoms with Gasteiger partial charge in [-0.2, -0.15) is 0 Å². The van der Waals surface area contributed by atoms with Gasteiger partial charge in [0.2, 0.25) is 5.91 Å². The monoisotopic (exact) mass is 325 g/mol. The second-order valence-corrected chi connectivity index (χ2v) is 6.73. The van der Waals surface area contributed by atoms with Crippen molar-refractivity contribution in [3.8, 4) is 5.75 Å². The third-order valence-corrected chi connectivity index (χ3v) is 4.32. The van der Waals surface area contributed by atoms with Crippen LogP contribution >= 0.6 is 11.8 Å². The predicted molar refractivity (Wildman–Crippen MR) is 87.4 cm³/mol. The lowest BCUT2D eigenvalue weighted by atomic mass is 9.90. The number of carboxylic acids is 1. The van der Waals surface area contributed by atoms with Gasteiger partial charge in [-0.1, -0.05) is 0 Å². The van der Waals surface area contributed by atoms with E-state index >= 15 is 0 Å². The second-order valence-electron chi connectivity index (χ2n) is 5.56. The van der Waals surface area contributed by atoms with Crippen LogP contribution in [0.25, 0.3) is 0 Å². The lowest BCUT2D eigenvalue weighted by Gasteiger charge is -2.18. The molecule has 1 rings (SSSR count). The fourth-order valence-electron chi connectivity index (χ4n) is 1.64. The molecule has 0 atom stereocenters. The molecule has 6 heteroatoms. The van der Waals surface area contributed by atoms with E-state index in [4.69, 9.17) is 9.84 Å². The highest BCUT2D eigenvalue weighted by atomic mass is 32.2. The zero-order valence-electron chi connectivity index (χ0n) is 13.2. The zero-order valence-corrected chi connectivity index (χ0v) is 14.0. The first-order valence-electron chi connectivity index (χ1n) is 7.12. The van der Waals surface area contributed by atoms with Crippen LogP contribution in [0.15, 0.2) is 29.2 Å². The Morgan fingerprint density at radius 3 is 2.45 bits per heavy atom. The number of hydrogen-bond acceptors (Lipinski definition) is 4. The Hall–Kier alpha value is -1.69. The molecule has 22 heavy (non-hydrogen) atoms. The van der Waals surface area contributed by atoms with Gasteiger partial charge in [0, 0.05) is 23.6 Å². The summed E-state index contributed by atoms with van der Waals surface area (Å²) in [6.45, 7) is 3.69. The third-order valence-electron chi connectivity index (χ3n) is 3.31. The Kier molecular flexibility index (Phi) is 7.24. The van der Waals surface area contributed by atoms with Crippen molar-refractivity contribution in [1.29, 1.82) is 0 Å². The number of thioether (sulfide) groups is 1. The molecule has 0 unspecified atom stereocenters. The molecule has 1 aromatic carbocycles. The van der Waals surface area contributed by atoms with Crippen molar-refractivity contribution < 1.29 is 19.4 Å². The number of hydrogen-bond donors (Lipinski definition) is 2. The average Bonchev–Trinajstić information content (AvgIpc) is 2.47. The minimum Gasteiger partial charge on any atom is -0.497 e. The van der Waals surface area contributed by atoms with E-state index in [9.17, 15) is 9.59 Å². The predicted octanol–water partition coefficient (Wildman–Crippen LogP) is 2.79. The summed E-state index contributed by atoms with van der Waals surface area (Å²) in [5.41, 5.74) is -0.814. The average molecular weight is 325 g/mol. The van der Waals surface area contributed by atoms with E-state index in [2.05, 4.69) is 5.32 Å². The molecule has 0 bridgehead atoms. The number of aliphatic carboxylic acids is 1. The number of nitrogens with one attached hydrogen (secondary N) is 1. The van der Waals surface area contributed by atoms with E-state index in [-0.39, 0.29) is 5.91 Å². The molecule has 0 radical (unpaired) electrons. The first-order valence-corrected chi connectivity index (χ1v) is 8.10. The van der Waals surface area contributed by atoms with Gasteiger partial charge >= 0.3 is 5.97 Å². The van der Waals surface area contributed by atoms with E-state index < -0.39 is 11.4 Å². The van der Waals surface area contributed by atoms with Crippen molar-refractivity contribution in [2.75, 3.05) is 19.4 Å². The minimum absolute atomic E-state index is 0.0535. The maximum absolute atomic E-state index is 11.7. The first kappa shape index (κ1) is 18.4. The molecule has 0 aliphatic heterocycles. The first-order chi connectivity index (χ1) is 10.3. The third kappa shape index (κ3) is 6.39. The Bertz CT molecular complexity index is 499. The Morgan fingerprint density at radius 1 is 1.27 bits per heavy atom. The van der Waals surface area contributed by atoms with Crippen LogP contribution in [-0.2, 0) is 9.59 Å². The van der Waals surface area contributed by atoms with E-state index in [0.717, 1.165) is 10.6 Å². The zero-order chi connectivity index (χ0) is 16.6. The molecule has 0 aliphatic carbocycles. The highest BCUT2D eigenvalue weighted by Gasteiger charge is 2.26. The Labute approximate surface area is 135 Å². The standard InChI is InChI=1S/C16H23NO4S/c1-16(2,15(19)20)9-10-17-14(18)8-11-22-13-6-4-12(21-3)5-7-13/h4-7H,8-11H2,1-3H3,(H,17,18)(H,19,20). The molecule has 0 aliphatic rings. The van der Waals surface area contributed by atoms with Crippen molar-refractivity contribution >= 4 is 23.6 Å². The summed E-state index contributed by atoms with van der Waals surface area (Å²) in [5.74, 6) is 0.586. The quantitative estimate of drug-likeness (QED) is 0.683. The number of ether oxygens (including phenoxy) is 1. The molecular weight excluding hydrogens is 302 g/mol. The molecule has 0 heterocycles. The number of rotatable bonds is 9. The van der Waals surface area contributed by atoms with Crippen molar-refractivity contribution in [3.63, 3.8) is 0 Å². The molecule has 122 valence electrons. The van der Waals surface area contributed by atoms with Crippen LogP contribution in [0.5, 0.6) is 5.75 Å². The van der Waals surface area contributed by atoms with E-state index in [1.54, 1.807) is 32.7 Å². The fourth-order valence-corrected chi connectivity index (χ4v) is 2.49. The molecule has 0 saturated heterocycles. The van der Waals surface area contributed by atoms with Gasteiger partial charge in [-0.25, -0.2) is 0 Å². The molecule has 0 spiro atoms. The lowest BCUT2D eigenvalue weighted by molar-refractivity contribution is -0.147. The number of carbonyl (C=O) groups excluding carboxylic acids is 1. The van der Waals surface area contributed by atoms with Crippen LogP contribution in [0, 0.1) is 5.41 Å². The summed E-state index contributed by atoms with van der Waals surface area (Å²) in [5, 5.41) is 11.7. The highest BCUT2D eigenvalue weighted by molar-refractivity contribution is 7.99. The summed E-state index contributed by atoms with van der Waals surface area (Å²) < 4.78 is 5.09. The second kappa shape index (κ2) is 8.68. The van der Waals surface area contributed by atoms with Crippen LogP contribution in [0.2, 0.25) is 0 Å². The SMILES string of the molecule is COc1ccc(SCCC(=O)NCCC(C)(C)C(=O)O)cc1. The molecule has 5 nitrogen and oxygen atoms in total. The molecule has 0 saturated carbocycles. The normalized spacial score (nSPS) is 11.0. The van der Waals surface area contributed by atoms with Gasteiger partial charge in [-0.05, 0) is 44.5 Å². The highest BCUT2D eigenvalue weighted by Crippen LogP contribution is 2.22. The lowest BCUT2D eigenvalue weighted by Crippen LogP contribution is -2.32. The van der Waals surface area contributed by atoms with E-state index in [0.29, 0.717) is 25.1 Å². The number of amides is 1. The van der Waals surface area contributed by atoms with Crippen LogP contribution in [0.4, 0.5) is 0 Å². The number of benzene rings is 1. The molecular formula is C16H23NO4S. The van der Waals surface area contributed by atoms with Gasteiger partial charge in [-0.15, -0.1) is 11.8 Å². The van der Waals surface area contributed by atoms with Crippen LogP contribution in [0.3, 0.4) is 0 Å². The summed E-state index contributed by atoms with van der Waals surface area (Å²) in [4.78, 5) is 23.7. The summed E-state index contributed by atoms with van der Waals surface area (Å²) >= 11 is 1.60. The maximum Gasteiger partial charge on any atom is 0.309 e. The summed E-state index contributed by atoms with van der Waals surface area (Å²) in [6, 6.07) is 7.68. The fraction of sp³-hybridized carbons (Fsp3) is 0.500. The Balaban J connectivity index is 2.21. The van der Waals surface area contributed by atoms with Crippen LogP contribution < -0.4 is 10.1 Å². The number of carboxylic acid groups (broad SMARTS) is 1. The molecule has 0 aromatic heterocycles. The largest absolute Gasteiger partial charge is 0.497 e. The van der Waals surface area contributed by atoms with Gasteiger partial charge in [0.15, 0.2) is 0 Å². The van der Waals surface area contributed by atoms with Gasteiger partial charge in [0.1, 0.15) is 5.75 Å². The Morgan fingerprint density at radius 2 is 1.91 bits per heavy atom. The van der Waals surface area contributed by atoms with Gasteiger partial charge < -0.3 is 15.2 Å². The van der Waals surface area contributed by atoms with Crippen molar-refractivity contribution in [1.82, 2.24) is 5.32 Å². The number of methoxy groups -OCH3 is 1. The number of carbonyl (C=O) groups is 2. The van der Waals surface area contributed by atoms with Gasteiger partial charge in [0.25, 0.3) is 0 Å². The molecule has 1 amide bonds. The van der Waals surface area contributed by atoms with Crippen LogP contribution in [-0.4, -0.2) is 36.4 Å². The van der Waals surface area contributed by atoms with E-state index in [1.165, 1.54) is 0 Å². The van der Waals surface area contributed by atoms with E-state index in [1.807, 2.05) is 24.3 Å². The summed E-state index contributed by atoms with van der Waals surface area (Å²) in [6.07, 6.45) is 0.823. The van der Waals surface area contributed by atoms with Gasteiger partial charge in [-0.3, -0.25) is 9.59 Å². The maximum atomic E-state index is 11.7. The molecule has 2 N–H and O–H groups in total. The summed E-state index contributed by atoms with van der Waals surface area (Å²) in [7, 11) is 1.62. The van der Waals surface area contributed by atoms with Crippen molar-refractivity contribution in [3.05, 3.63) is 24.3 Å². The van der Waals surface area contributed by atoms with Gasteiger partial charge in [0.05, 0.1) is 12.5 Å². The molecule has 0 fully saturated rings. The topological polar surface area (TPSA) is 75.6 Å². The molecule has 1 aromatic rings. The van der Waals surface area contributed by atoms with Crippen LogP contribution in [0.1, 0.15) is 26.7 Å².